The van der Waals surface area contributed by atoms with E-state index in [1.165, 1.54) is 18.7 Å². The van der Waals surface area contributed by atoms with Gasteiger partial charge < -0.3 is 9.64 Å². The third-order valence-corrected chi connectivity index (χ3v) is 7.12. The van der Waals surface area contributed by atoms with Gasteiger partial charge in [0, 0.05) is 12.2 Å². The maximum Gasteiger partial charge on any atom is 0.244 e. The Labute approximate surface area is 139 Å². The summed E-state index contributed by atoms with van der Waals surface area (Å²) in [6.07, 6.45) is 0. The van der Waals surface area contributed by atoms with E-state index in [2.05, 4.69) is 4.99 Å². The Kier molecular flexibility index (Phi) is 4.14. The van der Waals surface area contributed by atoms with Crippen molar-refractivity contribution in [2.75, 3.05) is 23.5 Å². The zero-order valence-corrected chi connectivity index (χ0v) is 14.8. The lowest BCUT2D eigenvalue weighted by atomic mass is 10.1. The highest BCUT2D eigenvalue weighted by molar-refractivity contribution is 8.16. The smallest absolute Gasteiger partial charge is 0.244 e. The number of carbonyl (C=O) groups is 1. The molecular weight excluding hydrogens is 336 g/mol. The number of carbonyl (C=O) groups excluding carboxylic acids is 1. The Hall–Kier alpha value is -1.54. The van der Waals surface area contributed by atoms with Crippen LogP contribution in [0, 0.1) is 6.92 Å². The number of hydrogen-bond acceptors (Lipinski definition) is 5. The monoisotopic (exact) mass is 354 g/mol. The summed E-state index contributed by atoms with van der Waals surface area (Å²) in [6, 6.07) is 5.48. The largest absolute Gasteiger partial charge is 0.495 e. The molecule has 0 aromatic heterocycles. The van der Waals surface area contributed by atoms with E-state index >= 15 is 0 Å². The van der Waals surface area contributed by atoms with Gasteiger partial charge in [-0.15, -0.1) is 0 Å². The van der Waals surface area contributed by atoms with Gasteiger partial charge in [-0.3, -0.25) is 4.79 Å². The molecule has 0 unspecified atom stereocenters. The highest BCUT2D eigenvalue weighted by Gasteiger charge is 2.49. The van der Waals surface area contributed by atoms with Crippen LogP contribution in [0.4, 0.5) is 5.69 Å². The van der Waals surface area contributed by atoms with Gasteiger partial charge in [0.2, 0.25) is 5.91 Å². The molecule has 2 aliphatic rings. The molecule has 0 saturated carbocycles. The second-order valence-electron chi connectivity index (χ2n) is 5.76. The van der Waals surface area contributed by atoms with Gasteiger partial charge in [-0.2, -0.15) is 4.99 Å². The average molecular weight is 354 g/mol. The van der Waals surface area contributed by atoms with Gasteiger partial charge in [0.25, 0.3) is 0 Å². The summed E-state index contributed by atoms with van der Waals surface area (Å²) in [5.41, 5.74) is 1.78. The number of nitrogens with zero attached hydrogens (tertiary/aromatic N) is 2. The molecule has 0 spiro atoms. The lowest BCUT2D eigenvalue weighted by Crippen LogP contribution is -2.38. The molecule has 0 radical (unpaired) electrons. The molecule has 2 atom stereocenters. The van der Waals surface area contributed by atoms with Gasteiger partial charge in [0.1, 0.15) is 5.75 Å². The Bertz CT molecular complexity index is 789. The van der Waals surface area contributed by atoms with Crippen LogP contribution in [0.5, 0.6) is 5.75 Å². The van der Waals surface area contributed by atoms with E-state index in [4.69, 9.17) is 4.74 Å². The number of anilines is 1. The van der Waals surface area contributed by atoms with Crippen molar-refractivity contribution in [2.45, 2.75) is 25.1 Å². The molecule has 2 heterocycles. The number of sulfone groups is 1. The molecule has 8 heteroatoms. The second-order valence-corrected chi connectivity index (χ2v) is 9.12. The third kappa shape index (κ3) is 3.10. The van der Waals surface area contributed by atoms with Crippen molar-refractivity contribution in [1.82, 2.24) is 0 Å². The minimum absolute atomic E-state index is 0.0681. The SMILES string of the molecule is COc1ccc(C)cc1N1C(=NC(C)=O)S[C@H]2CS(=O)(=O)C[C@H]21. The van der Waals surface area contributed by atoms with E-state index in [1.54, 1.807) is 7.11 Å². The molecule has 23 heavy (non-hydrogen) atoms. The summed E-state index contributed by atoms with van der Waals surface area (Å²) in [4.78, 5) is 17.4. The first-order chi connectivity index (χ1) is 10.8. The predicted molar refractivity (Wildman–Crippen MR) is 92.1 cm³/mol. The van der Waals surface area contributed by atoms with Crippen molar-refractivity contribution in [3.8, 4) is 5.75 Å². The molecule has 1 aromatic rings. The molecule has 0 aliphatic carbocycles. The van der Waals surface area contributed by atoms with Crippen LogP contribution in [0.15, 0.2) is 23.2 Å². The summed E-state index contributed by atoms with van der Waals surface area (Å²) in [6.45, 7) is 3.35. The number of hydrogen-bond donors (Lipinski definition) is 0. The number of aryl methyl sites for hydroxylation is 1. The van der Waals surface area contributed by atoms with Crippen molar-refractivity contribution in [3.05, 3.63) is 23.8 Å². The fourth-order valence-corrected chi connectivity index (χ4v) is 6.92. The third-order valence-electron chi connectivity index (χ3n) is 3.91. The number of aliphatic imine (C=N–C) groups is 1. The predicted octanol–water partition coefficient (Wildman–Crippen LogP) is 1.62. The van der Waals surface area contributed by atoms with Crippen LogP contribution >= 0.6 is 11.8 Å². The summed E-state index contributed by atoms with van der Waals surface area (Å²) in [5, 5.41) is 0.439. The number of fused-ring (bicyclic) bond motifs is 1. The van der Waals surface area contributed by atoms with Crippen LogP contribution in [0.25, 0.3) is 0 Å². The molecule has 2 aliphatic heterocycles. The zero-order chi connectivity index (χ0) is 16.8. The number of ether oxygens (including phenoxy) is 1. The van der Waals surface area contributed by atoms with Crippen LogP contribution in [0.3, 0.4) is 0 Å². The number of methoxy groups -OCH3 is 1. The van der Waals surface area contributed by atoms with Crippen LogP contribution in [-0.4, -0.2) is 49.4 Å². The van der Waals surface area contributed by atoms with Gasteiger partial charge in [0.15, 0.2) is 15.0 Å². The van der Waals surface area contributed by atoms with Gasteiger partial charge >= 0.3 is 0 Å². The lowest BCUT2D eigenvalue weighted by molar-refractivity contribution is -0.115. The number of amides is 1. The zero-order valence-electron chi connectivity index (χ0n) is 13.1. The minimum atomic E-state index is -3.07. The number of rotatable bonds is 2. The van der Waals surface area contributed by atoms with E-state index in [0.29, 0.717) is 10.9 Å². The molecule has 0 N–H and O–H groups in total. The molecule has 1 amide bonds. The average Bonchev–Trinajstić information content (AvgIpc) is 2.88. The van der Waals surface area contributed by atoms with Gasteiger partial charge in [-0.05, 0) is 24.6 Å². The van der Waals surface area contributed by atoms with Crippen molar-refractivity contribution in [1.29, 1.82) is 0 Å². The van der Waals surface area contributed by atoms with E-state index in [1.807, 2.05) is 30.0 Å². The summed E-state index contributed by atoms with van der Waals surface area (Å²) >= 11 is 1.36. The minimum Gasteiger partial charge on any atom is -0.495 e. The summed E-state index contributed by atoms with van der Waals surface area (Å²) in [5.74, 6) is 0.520. The fourth-order valence-electron chi connectivity index (χ4n) is 2.97. The molecule has 1 aromatic carbocycles. The molecule has 2 saturated heterocycles. The molecule has 124 valence electrons. The Morgan fingerprint density at radius 1 is 1.39 bits per heavy atom. The topological polar surface area (TPSA) is 76.0 Å². The first-order valence-corrected chi connectivity index (χ1v) is 9.91. The standard InChI is InChI=1S/C15H18N2O4S2/c1-9-4-5-13(21-3)11(6-9)17-12-7-23(19,20)8-14(12)22-15(17)16-10(2)18/h4-6,12,14H,7-8H2,1-3H3/t12-,14+/m1/s1. The number of thioether (sulfide) groups is 1. The molecule has 0 bridgehead atoms. The Morgan fingerprint density at radius 2 is 2.13 bits per heavy atom. The van der Waals surface area contributed by atoms with Gasteiger partial charge in [0.05, 0.1) is 30.3 Å². The van der Waals surface area contributed by atoms with Crippen molar-refractivity contribution < 1.29 is 17.9 Å². The van der Waals surface area contributed by atoms with Crippen LogP contribution in [0.1, 0.15) is 12.5 Å². The highest BCUT2D eigenvalue weighted by Crippen LogP contribution is 2.44. The van der Waals surface area contributed by atoms with Gasteiger partial charge in [-0.1, -0.05) is 17.8 Å². The maximum atomic E-state index is 12.0. The van der Waals surface area contributed by atoms with Crippen molar-refractivity contribution in [3.63, 3.8) is 0 Å². The van der Waals surface area contributed by atoms with Crippen LogP contribution in [0.2, 0.25) is 0 Å². The Morgan fingerprint density at radius 3 is 2.78 bits per heavy atom. The fraction of sp³-hybridized carbons (Fsp3) is 0.467. The summed E-state index contributed by atoms with van der Waals surface area (Å²) < 4.78 is 29.4. The number of benzene rings is 1. The van der Waals surface area contributed by atoms with E-state index in [-0.39, 0.29) is 28.7 Å². The quantitative estimate of drug-likeness (QED) is 0.803. The normalized spacial score (nSPS) is 27.3. The van der Waals surface area contributed by atoms with E-state index in [0.717, 1.165) is 11.3 Å². The lowest BCUT2D eigenvalue weighted by Gasteiger charge is -2.26. The molecule has 6 nitrogen and oxygen atoms in total. The molecular formula is C15H18N2O4S2. The molecule has 3 rings (SSSR count). The van der Waals surface area contributed by atoms with E-state index < -0.39 is 9.84 Å². The highest BCUT2D eigenvalue weighted by atomic mass is 32.2. The van der Waals surface area contributed by atoms with Crippen LogP contribution < -0.4 is 9.64 Å². The summed E-state index contributed by atoms with van der Waals surface area (Å²) in [7, 11) is -1.50. The maximum absolute atomic E-state index is 12.0. The van der Waals surface area contributed by atoms with Crippen molar-refractivity contribution >= 4 is 38.4 Å². The second kappa shape index (κ2) is 5.83. The first-order valence-electron chi connectivity index (χ1n) is 7.21. The van der Waals surface area contributed by atoms with Gasteiger partial charge in [-0.25, -0.2) is 8.42 Å². The first kappa shape index (κ1) is 16.3. The van der Waals surface area contributed by atoms with Crippen LogP contribution in [-0.2, 0) is 14.6 Å². The van der Waals surface area contributed by atoms with E-state index in [9.17, 15) is 13.2 Å². The Balaban J connectivity index is 2.12. The molecule has 2 fully saturated rings. The van der Waals surface area contributed by atoms with Crippen molar-refractivity contribution in [2.24, 2.45) is 4.99 Å². The number of amidine groups is 1.